The molecule has 0 aliphatic heterocycles. The van der Waals surface area contributed by atoms with Gasteiger partial charge in [0.05, 0.1) is 15.8 Å². The molecule has 0 aliphatic rings. The lowest BCUT2D eigenvalue weighted by Gasteiger charge is -2.22. The summed E-state index contributed by atoms with van der Waals surface area (Å²) in [7, 11) is 3.78. The SMILES string of the molecule is CN(C)CCN(C(=O)c1ccc(C(F)(F)F)cc1)c1nc2ccccc2s1. The number of likely N-dealkylation sites (N-methyl/N-ethyl adjacent to an activating group) is 1. The van der Waals surface area contributed by atoms with Crippen molar-refractivity contribution in [1.82, 2.24) is 9.88 Å². The standard InChI is InChI=1S/C19H18F3N3OS/c1-24(2)11-12-25(18-23-15-5-3-4-6-16(15)27-18)17(26)13-7-9-14(10-8-13)19(20,21)22/h3-10H,11-12H2,1-2H3. The van der Waals surface area contributed by atoms with Gasteiger partial charge in [0.2, 0.25) is 0 Å². The molecule has 3 aromatic rings. The molecule has 1 heterocycles. The van der Waals surface area contributed by atoms with Crippen LogP contribution in [0.4, 0.5) is 18.3 Å². The Morgan fingerprint density at radius 2 is 1.70 bits per heavy atom. The van der Waals surface area contributed by atoms with E-state index in [0.717, 1.165) is 22.3 Å². The Bertz CT molecular complexity index is 902. The first-order valence-corrected chi connectivity index (χ1v) is 9.07. The van der Waals surface area contributed by atoms with Gasteiger partial charge in [0, 0.05) is 18.7 Å². The van der Waals surface area contributed by atoms with Crippen molar-refractivity contribution in [2.24, 2.45) is 0 Å². The van der Waals surface area contributed by atoms with Crippen LogP contribution in [0.25, 0.3) is 10.2 Å². The molecular weight excluding hydrogens is 375 g/mol. The van der Waals surface area contributed by atoms with Crippen molar-refractivity contribution < 1.29 is 18.0 Å². The van der Waals surface area contributed by atoms with Gasteiger partial charge in [-0.3, -0.25) is 9.69 Å². The minimum atomic E-state index is -4.43. The highest BCUT2D eigenvalue weighted by atomic mass is 32.1. The molecule has 0 N–H and O–H groups in total. The minimum absolute atomic E-state index is 0.195. The molecule has 0 saturated carbocycles. The first-order valence-electron chi connectivity index (χ1n) is 8.25. The van der Waals surface area contributed by atoms with E-state index in [4.69, 9.17) is 0 Å². The quantitative estimate of drug-likeness (QED) is 0.639. The maximum atomic E-state index is 13.0. The van der Waals surface area contributed by atoms with Crippen LogP contribution in [-0.4, -0.2) is 43.0 Å². The molecule has 4 nitrogen and oxygen atoms in total. The molecule has 0 fully saturated rings. The van der Waals surface area contributed by atoms with Gasteiger partial charge in [0.1, 0.15) is 0 Å². The van der Waals surface area contributed by atoms with E-state index in [9.17, 15) is 18.0 Å². The normalized spacial score (nSPS) is 11.9. The number of carbonyl (C=O) groups excluding carboxylic acids is 1. The molecule has 0 saturated heterocycles. The van der Waals surface area contributed by atoms with Crippen LogP contribution in [0.2, 0.25) is 0 Å². The van der Waals surface area contributed by atoms with Gasteiger partial charge in [-0.2, -0.15) is 13.2 Å². The number of para-hydroxylation sites is 1. The zero-order chi connectivity index (χ0) is 19.6. The van der Waals surface area contributed by atoms with Gasteiger partial charge in [0.15, 0.2) is 5.13 Å². The fraction of sp³-hybridized carbons (Fsp3) is 0.263. The predicted molar refractivity (Wildman–Crippen MR) is 101 cm³/mol. The summed E-state index contributed by atoms with van der Waals surface area (Å²) < 4.78 is 39.2. The third-order valence-electron chi connectivity index (χ3n) is 3.99. The van der Waals surface area contributed by atoms with Gasteiger partial charge in [-0.1, -0.05) is 23.5 Å². The number of anilines is 1. The summed E-state index contributed by atoms with van der Waals surface area (Å²) in [4.78, 5) is 21.0. The molecule has 0 aliphatic carbocycles. The average Bonchev–Trinajstić information content (AvgIpc) is 3.04. The molecule has 0 spiro atoms. The smallest absolute Gasteiger partial charge is 0.308 e. The largest absolute Gasteiger partial charge is 0.416 e. The monoisotopic (exact) mass is 393 g/mol. The Morgan fingerprint density at radius 1 is 1.04 bits per heavy atom. The van der Waals surface area contributed by atoms with Crippen LogP contribution >= 0.6 is 11.3 Å². The second kappa shape index (κ2) is 7.66. The molecule has 0 bridgehead atoms. The van der Waals surface area contributed by atoms with E-state index in [1.807, 2.05) is 43.3 Å². The Kier molecular flexibility index (Phi) is 5.48. The Hall–Kier alpha value is -2.45. The lowest BCUT2D eigenvalue weighted by Crippen LogP contribution is -2.36. The van der Waals surface area contributed by atoms with Crippen molar-refractivity contribution in [2.75, 3.05) is 32.1 Å². The van der Waals surface area contributed by atoms with Crippen LogP contribution in [-0.2, 0) is 6.18 Å². The summed E-state index contributed by atoms with van der Waals surface area (Å²) in [5.41, 5.74) is 0.201. The minimum Gasteiger partial charge on any atom is -0.308 e. The fourth-order valence-corrected chi connectivity index (χ4v) is 3.51. The zero-order valence-corrected chi connectivity index (χ0v) is 15.6. The molecule has 0 unspecified atom stereocenters. The van der Waals surface area contributed by atoms with Gasteiger partial charge >= 0.3 is 6.18 Å². The number of halogens is 3. The Morgan fingerprint density at radius 3 is 2.30 bits per heavy atom. The van der Waals surface area contributed by atoms with E-state index in [1.54, 1.807) is 0 Å². The number of benzene rings is 2. The van der Waals surface area contributed by atoms with Crippen molar-refractivity contribution >= 4 is 32.6 Å². The lowest BCUT2D eigenvalue weighted by molar-refractivity contribution is -0.137. The first-order chi connectivity index (χ1) is 12.8. The number of rotatable bonds is 5. The van der Waals surface area contributed by atoms with Crippen LogP contribution in [0.3, 0.4) is 0 Å². The molecule has 27 heavy (non-hydrogen) atoms. The number of hydrogen-bond donors (Lipinski definition) is 0. The van der Waals surface area contributed by atoms with E-state index in [2.05, 4.69) is 4.98 Å². The molecule has 3 rings (SSSR count). The van der Waals surface area contributed by atoms with E-state index >= 15 is 0 Å². The van der Waals surface area contributed by atoms with Crippen LogP contribution in [0, 0.1) is 0 Å². The summed E-state index contributed by atoms with van der Waals surface area (Å²) in [5, 5.41) is 0.531. The van der Waals surface area contributed by atoms with E-state index in [-0.39, 0.29) is 11.5 Å². The van der Waals surface area contributed by atoms with Crippen LogP contribution in [0.5, 0.6) is 0 Å². The number of amides is 1. The molecule has 142 valence electrons. The van der Waals surface area contributed by atoms with Gasteiger partial charge < -0.3 is 4.90 Å². The Labute approximate surface area is 158 Å². The number of fused-ring (bicyclic) bond motifs is 1. The third-order valence-corrected chi connectivity index (χ3v) is 5.05. The van der Waals surface area contributed by atoms with Gasteiger partial charge in [0.25, 0.3) is 5.91 Å². The second-order valence-electron chi connectivity index (χ2n) is 6.30. The maximum Gasteiger partial charge on any atom is 0.416 e. The second-order valence-corrected chi connectivity index (χ2v) is 7.31. The lowest BCUT2D eigenvalue weighted by atomic mass is 10.1. The van der Waals surface area contributed by atoms with Crippen molar-refractivity contribution in [3.05, 3.63) is 59.7 Å². The Balaban J connectivity index is 1.93. The molecular formula is C19H18F3N3OS. The van der Waals surface area contributed by atoms with Crippen molar-refractivity contribution in [1.29, 1.82) is 0 Å². The van der Waals surface area contributed by atoms with Gasteiger partial charge in [-0.15, -0.1) is 0 Å². The molecule has 8 heteroatoms. The van der Waals surface area contributed by atoms with Crippen molar-refractivity contribution in [3.8, 4) is 0 Å². The van der Waals surface area contributed by atoms with Gasteiger partial charge in [-0.25, -0.2) is 4.98 Å². The summed E-state index contributed by atoms with van der Waals surface area (Å²) in [6.45, 7) is 0.981. The number of carbonyl (C=O) groups is 1. The number of aromatic nitrogens is 1. The summed E-state index contributed by atoms with van der Waals surface area (Å²) in [5.74, 6) is -0.371. The fourth-order valence-electron chi connectivity index (χ4n) is 2.52. The molecule has 1 aromatic heterocycles. The summed E-state index contributed by atoms with van der Waals surface area (Å²) >= 11 is 1.38. The van der Waals surface area contributed by atoms with E-state index in [0.29, 0.717) is 18.2 Å². The van der Waals surface area contributed by atoms with Gasteiger partial charge in [-0.05, 0) is 50.5 Å². The summed E-state index contributed by atoms with van der Waals surface area (Å²) in [6.07, 6.45) is -4.43. The highest BCUT2D eigenvalue weighted by Gasteiger charge is 2.30. The molecule has 0 radical (unpaired) electrons. The topological polar surface area (TPSA) is 36.4 Å². The van der Waals surface area contributed by atoms with E-state index in [1.165, 1.54) is 28.4 Å². The average molecular weight is 393 g/mol. The summed E-state index contributed by atoms with van der Waals surface area (Å²) in [6, 6.07) is 11.8. The van der Waals surface area contributed by atoms with Crippen molar-refractivity contribution in [2.45, 2.75) is 6.18 Å². The maximum absolute atomic E-state index is 13.0. The first kappa shape index (κ1) is 19.3. The predicted octanol–water partition coefficient (Wildman–Crippen LogP) is 4.52. The van der Waals surface area contributed by atoms with Crippen molar-refractivity contribution in [3.63, 3.8) is 0 Å². The van der Waals surface area contributed by atoms with Crippen LogP contribution in [0.15, 0.2) is 48.5 Å². The van der Waals surface area contributed by atoms with E-state index < -0.39 is 11.7 Å². The highest BCUT2D eigenvalue weighted by molar-refractivity contribution is 7.22. The molecule has 0 atom stereocenters. The third kappa shape index (κ3) is 4.45. The molecule has 1 amide bonds. The zero-order valence-electron chi connectivity index (χ0n) is 14.8. The number of hydrogen-bond acceptors (Lipinski definition) is 4. The highest BCUT2D eigenvalue weighted by Crippen LogP contribution is 2.31. The van der Waals surface area contributed by atoms with Crippen LogP contribution < -0.4 is 4.90 Å². The number of alkyl halides is 3. The number of nitrogens with zero attached hydrogens (tertiary/aromatic N) is 3. The van der Waals surface area contributed by atoms with Crippen LogP contribution in [0.1, 0.15) is 15.9 Å². The number of thiazole rings is 1. The molecule has 2 aromatic carbocycles.